The molecule has 1 aromatic rings. The van der Waals surface area contributed by atoms with E-state index >= 15 is 0 Å². The molecule has 0 saturated carbocycles. The summed E-state index contributed by atoms with van der Waals surface area (Å²) in [7, 11) is -1.08. The molecule has 5 nitrogen and oxygen atoms in total. The van der Waals surface area contributed by atoms with Crippen molar-refractivity contribution in [3.05, 3.63) is 23.2 Å². The monoisotopic (exact) mass is 317 g/mol. The Kier molecular flexibility index (Phi) is 6.32. The lowest BCUT2D eigenvalue weighted by Crippen LogP contribution is -2.22. The van der Waals surface area contributed by atoms with Crippen LogP contribution in [0.1, 0.15) is 0 Å². The summed E-state index contributed by atoms with van der Waals surface area (Å²) in [6.45, 7) is 7.69. The van der Waals surface area contributed by atoms with E-state index in [0.29, 0.717) is 18.0 Å². The number of amides is 1. The fraction of sp³-hybridized carbons (Fsp3) is 0.462. The van der Waals surface area contributed by atoms with Gasteiger partial charge in [0.05, 0.1) is 10.7 Å². The van der Waals surface area contributed by atoms with Crippen molar-refractivity contribution in [2.24, 2.45) is 0 Å². The second kappa shape index (κ2) is 7.52. The molecule has 0 atom stereocenters. The largest absolute Gasteiger partial charge is 0.468 e. The normalized spacial score (nSPS) is 11.2. The molecule has 1 amide bonds. The molecule has 0 aromatic heterocycles. The number of nitrogens with one attached hydrogen (secondary N) is 1. The highest BCUT2D eigenvalue weighted by Crippen LogP contribution is 2.26. The molecule has 0 radical (unpaired) electrons. The first-order valence-corrected chi connectivity index (χ1v) is 10.4. The fourth-order valence-electron chi connectivity index (χ4n) is 1.35. The van der Waals surface area contributed by atoms with Crippen LogP contribution in [-0.2, 0) is 4.74 Å². The van der Waals surface area contributed by atoms with Gasteiger partial charge >= 0.3 is 6.09 Å². The third-order valence-electron chi connectivity index (χ3n) is 2.49. The Labute approximate surface area is 124 Å². The van der Waals surface area contributed by atoms with Gasteiger partial charge in [-0.05, 0) is 18.2 Å². The highest BCUT2D eigenvalue weighted by Gasteiger charge is 2.12. The second-order valence-corrected chi connectivity index (χ2v) is 11.6. The van der Waals surface area contributed by atoms with Crippen LogP contribution in [0.25, 0.3) is 0 Å². The van der Waals surface area contributed by atoms with Gasteiger partial charge in [0.15, 0.2) is 6.79 Å². The molecule has 20 heavy (non-hydrogen) atoms. The molecule has 0 spiro atoms. The van der Waals surface area contributed by atoms with Crippen molar-refractivity contribution in [3.8, 4) is 5.75 Å². The van der Waals surface area contributed by atoms with E-state index < -0.39 is 14.2 Å². The molecule has 2 N–H and O–H groups in total. The minimum Gasteiger partial charge on any atom is -0.468 e. The van der Waals surface area contributed by atoms with Crippen LogP contribution in [0.5, 0.6) is 5.75 Å². The SMILES string of the molecule is C[Si](C)(C)CCOCOc1ccc(NC(=O)O)c(Cl)c1. The number of hydrogen-bond acceptors (Lipinski definition) is 3. The van der Waals surface area contributed by atoms with E-state index in [0.717, 1.165) is 6.04 Å². The number of halogens is 1. The molecule has 0 aliphatic heterocycles. The first-order chi connectivity index (χ1) is 9.28. The Morgan fingerprint density at radius 2 is 2.10 bits per heavy atom. The lowest BCUT2D eigenvalue weighted by molar-refractivity contribution is 0.0220. The molecule has 0 bridgehead atoms. The van der Waals surface area contributed by atoms with E-state index in [4.69, 9.17) is 26.2 Å². The third-order valence-corrected chi connectivity index (χ3v) is 4.50. The molecule has 1 aromatic carbocycles. The average molecular weight is 318 g/mol. The topological polar surface area (TPSA) is 67.8 Å². The van der Waals surface area contributed by atoms with Crippen molar-refractivity contribution in [1.29, 1.82) is 0 Å². The number of rotatable bonds is 7. The number of carboxylic acid groups (broad SMARTS) is 1. The van der Waals surface area contributed by atoms with Gasteiger partial charge in [-0.15, -0.1) is 0 Å². The van der Waals surface area contributed by atoms with Crippen LogP contribution >= 0.6 is 11.6 Å². The predicted octanol–water partition coefficient (Wildman–Crippen LogP) is 4.12. The van der Waals surface area contributed by atoms with Gasteiger partial charge in [0.1, 0.15) is 5.75 Å². The van der Waals surface area contributed by atoms with Crippen LogP contribution in [-0.4, -0.2) is 32.7 Å². The third kappa shape index (κ3) is 6.79. The average Bonchev–Trinajstić information content (AvgIpc) is 2.30. The maximum Gasteiger partial charge on any atom is 0.409 e. The minimum atomic E-state index is -1.16. The van der Waals surface area contributed by atoms with Crippen molar-refractivity contribution in [3.63, 3.8) is 0 Å². The summed E-state index contributed by atoms with van der Waals surface area (Å²) in [6, 6.07) is 5.82. The Morgan fingerprint density at radius 1 is 1.40 bits per heavy atom. The van der Waals surface area contributed by atoms with Crippen LogP contribution < -0.4 is 10.1 Å². The van der Waals surface area contributed by atoms with Crippen LogP contribution in [0.15, 0.2) is 18.2 Å². The second-order valence-electron chi connectivity index (χ2n) is 5.55. The van der Waals surface area contributed by atoms with Crippen LogP contribution in [0.4, 0.5) is 10.5 Å². The number of ether oxygens (including phenoxy) is 2. The minimum absolute atomic E-state index is 0.159. The lowest BCUT2D eigenvalue weighted by Gasteiger charge is -2.15. The number of carbonyl (C=O) groups is 1. The molecule has 112 valence electrons. The Morgan fingerprint density at radius 3 is 2.65 bits per heavy atom. The van der Waals surface area contributed by atoms with Gasteiger partial charge in [-0.3, -0.25) is 5.32 Å². The van der Waals surface area contributed by atoms with Crippen molar-refractivity contribution < 1.29 is 19.4 Å². The summed E-state index contributed by atoms with van der Waals surface area (Å²) < 4.78 is 10.8. The molecule has 0 unspecified atom stereocenters. The van der Waals surface area contributed by atoms with Crippen molar-refractivity contribution in [1.82, 2.24) is 0 Å². The van der Waals surface area contributed by atoms with E-state index in [1.165, 1.54) is 0 Å². The lowest BCUT2D eigenvalue weighted by atomic mass is 10.3. The maximum absolute atomic E-state index is 10.5. The van der Waals surface area contributed by atoms with Gasteiger partial charge in [-0.1, -0.05) is 31.2 Å². The van der Waals surface area contributed by atoms with Crippen LogP contribution in [0.3, 0.4) is 0 Å². The van der Waals surface area contributed by atoms with E-state index in [2.05, 4.69) is 25.0 Å². The van der Waals surface area contributed by atoms with Gasteiger partial charge in [-0.25, -0.2) is 4.79 Å². The summed E-state index contributed by atoms with van der Waals surface area (Å²) in [5, 5.41) is 11.1. The van der Waals surface area contributed by atoms with Gasteiger partial charge in [-0.2, -0.15) is 0 Å². The number of hydrogen-bond donors (Lipinski definition) is 2. The smallest absolute Gasteiger partial charge is 0.409 e. The molecule has 0 aliphatic carbocycles. The Hall–Kier alpha value is -1.24. The molecule has 0 heterocycles. The van der Waals surface area contributed by atoms with Crippen molar-refractivity contribution >= 4 is 31.5 Å². The summed E-state index contributed by atoms with van der Waals surface area (Å²) in [6.07, 6.45) is -1.16. The van der Waals surface area contributed by atoms with E-state index in [9.17, 15) is 4.79 Å². The molecule has 0 fully saturated rings. The zero-order chi connectivity index (χ0) is 15.2. The molecular weight excluding hydrogens is 298 g/mol. The highest BCUT2D eigenvalue weighted by molar-refractivity contribution is 6.76. The zero-order valence-corrected chi connectivity index (χ0v) is 13.7. The summed E-state index contributed by atoms with van der Waals surface area (Å²) in [5.41, 5.74) is 0.325. The van der Waals surface area contributed by atoms with Crippen molar-refractivity contribution in [2.45, 2.75) is 25.7 Å². The zero-order valence-electron chi connectivity index (χ0n) is 11.9. The van der Waals surface area contributed by atoms with Crippen LogP contribution in [0, 0.1) is 0 Å². The van der Waals surface area contributed by atoms with Gasteiger partial charge < -0.3 is 14.6 Å². The first kappa shape index (κ1) is 16.8. The molecular formula is C13H20ClNO4Si. The van der Waals surface area contributed by atoms with Crippen LogP contribution in [0.2, 0.25) is 30.7 Å². The summed E-state index contributed by atoms with van der Waals surface area (Å²) in [5.74, 6) is 0.541. The maximum atomic E-state index is 10.5. The number of benzene rings is 1. The highest BCUT2D eigenvalue weighted by atomic mass is 35.5. The molecule has 0 saturated heterocycles. The summed E-state index contributed by atoms with van der Waals surface area (Å²) >= 11 is 5.93. The van der Waals surface area contributed by atoms with E-state index in [1.54, 1.807) is 18.2 Å². The quantitative estimate of drug-likeness (QED) is 0.451. The molecule has 0 aliphatic rings. The Balaban J connectivity index is 2.38. The first-order valence-electron chi connectivity index (χ1n) is 6.28. The van der Waals surface area contributed by atoms with E-state index in [-0.39, 0.29) is 11.8 Å². The molecule has 1 rings (SSSR count). The van der Waals surface area contributed by atoms with Crippen molar-refractivity contribution in [2.75, 3.05) is 18.7 Å². The van der Waals surface area contributed by atoms with Gasteiger partial charge in [0.25, 0.3) is 0 Å². The molecule has 7 heteroatoms. The Bertz CT molecular complexity index is 462. The predicted molar refractivity (Wildman–Crippen MR) is 82.7 cm³/mol. The summed E-state index contributed by atoms with van der Waals surface area (Å²) in [4.78, 5) is 10.5. The fourth-order valence-corrected chi connectivity index (χ4v) is 2.32. The van der Waals surface area contributed by atoms with Gasteiger partial charge in [0.2, 0.25) is 0 Å². The standard InChI is InChI=1S/C13H20ClNO4Si/c1-20(2,3)7-6-18-9-19-10-4-5-12(11(14)8-10)15-13(16)17/h4-5,8,15H,6-7,9H2,1-3H3,(H,16,17). The number of anilines is 1. The van der Waals surface area contributed by atoms with Gasteiger partial charge in [0, 0.05) is 20.7 Å². The van der Waals surface area contributed by atoms with E-state index in [1.807, 2.05) is 0 Å².